The van der Waals surface area contributed by atoms with Crippen molar-refractivity contribution in [1.29, 1.82) is 0 Å². The summed E-state index contributed by atoms with van der Waals surface area (Å²) in [4.78, 5) is 0. The van der Waals surface area contributed by atoms with Gasteiger partial charge in [0.05, 0.1) is 6.61 Å². The summed E-state index contributed by atoms with van der Waals surface area (Å²) in [5, 5.41) is 0. The summed E-state index contributed by atoms with van der Waals surface area (Å²) in [7, 11) is 0. The van der Waals surface area contributed by atoms with Crippen molar-refractivity contribution in [3.63, 3.8) is 0 Å². The van der Waals surface area contributed by atoms with Crippen molar-refractivity contribution < 1.29 is 4.74 Å². The molecule has 0 saturated carbocycles. The van der Waals surface area contributed by atoms with E-state index < -0.39 is 0 Å². The molecule has 1 heteroatoms. The molecular weight excluding hydrogens is 232 g/mol. The van der Waals surface area contributed by atoms with Crippen LogP contribution in [0, 0.1) is 0 Å². The van der Waals surface area contributed by atoms with Gasteiger partial charge in [-0.05, 0) is 30.4 Å². The van der Waals surface area contributed by atoms with Crippen LogP contribution in [0.5, 0.6) is 0 Å². The Morgan fingerprint density at radius 1 is 0.632 bits per heavy atom. The molecule has 0 heterocycles. The molecule has 0 aliphatic heterocycles. The smallest absolute Gasteiger partial charge is 0.0716 e. The first-order chi connectivity index (χ1) is 9.45. The molecule has 100 valence electrons. The molecule has 2 aromatic rings. The van der Waals surface area contributed by atoms with Crippen molar-refractivity contribution in [2.24, 2.45) is 0 Å². The maximum absolute atomic E-state index is 5.67. The van der Waals surface area contributed by atoms with Crippen molar-refractivity contribution >= 4 is 0 Å². The summed E-state index contributed by atoms with van der Waals surface area (Å²) in [6.07, 6.45) is 4.82. The highest BCUT2D eigenvalue weighted by Gasteiger charge is 1.94. The quantitative estimate of drug-likeness (QED) is 0.625. The predicted molar refractivity (Wildman–Crippen MR) is 80.1 cm³/mol. The van der Waals surface area contributed by atoms with Crippen LogP contribution in [0.2, 0.25) is 0 Å². The van der Waals surface area contributed by atoms with Crippen molar-refractivity contribution in [2.75, 3.05) is 6.61 Å². The van der Waals surface area contributed by atoms with Crippen LogP contribution < -0.4 is 0 Å². The fourth-order valence-electron chi connectivity index (χ4n) is 2.12. The molecule has 0 amide bonds. The summed E-state index contributed by atoms with van der Waals surface area (Å²) in [5.74, 6) is 0. The van der Waals surface area contributed by atoms with Crippen LogP contribution in [0.1, 0.15) is 30.4 Å². The van der Waals surface area contributed by atoms with Gasteiger partial charge in [-0.25, -0.2) is 0 Å². The number of unbranched alkanes of at least 4 members (excludes halogenated alkanes) is 2. The van der Waals surface area contributed by atoms with Crippen LogP contribution >= 0.6 is 0 Å². The Kier molecular flexibility index (Phi) is 6.18. The number of aryl methyl sites for hydroxylation is 1. The second-order valence-corrected chi connectivity index (χ2v) is 4.83. The zero-order chi connectivity index (χ0) is 13.2. The maximum Gasteiger partial charge on any atom is 0.0716 e. The molecule has 0 N–H and O–H groups in total. The van der Waals surface area contributed by atoms with E-state index in [9.17, 15) is 0 Å². The summed E-state index contributed by atoms with van der Waals surface area (Å²) >= 11 is 0. The second kappa shape index (κ2) is 8.49. The Bertz CT molecular complexity index is 392. The summed E-state index contributed by atoms with van der Waals surface area (Å²) in [6, 6.07) is 21.0. The minimum Gasteiger partial charge on any atom is -0.377 e. The van der Waals surface area contributed by atoms with E-state index in [1.165, 1.54) is 30.4 Å². The highest BCUT2D eigenvalue weighted by molar-refractivity contribution is 5.14. The first-order valence-corrected chi connectivity index (χ1v) is 7.11. The number of rotatable bonds is 8. The van der Waals surface area contributed by atoms with E-state index in [0.717, 1.165) is 19.6 Å². The van der Waals surface area contributed by atoms with Gasteiger partial charge in [0.1, 0.15) is 0 Å². The molecule has 0 atom stereocenters. The van der Waals surface area contributed by atoms with E-state index in [-0.39, 0.29) is 0 Å². The van der Waals surface area contributed by atoms with Crippen LogP contribution in [0.15, 0.2) is 60.7 Å². The van der Waals surface area contributed by atoms with Gasteiger partial charge in [-0.2, -0.15) is 0 Å². The molecule has 0 aliphatic rings. The van der Waals surface area contributed by atoms with E-state index in [2.05, 4.69) is 54.6 Å². The number of benzene rings is 2. The van der Waals surface area contributed by atoms with E-state index in [0.29, 0.717) is 0 Å². The van der Waals surface area contributed by atoms with Gasteiger partial charge in [-0.15, -0.1) is 0 Å². The molecule has 0 aromatic heterocycles. The molecule has 2 aromatic carbocycles. The summed E-state index contributed by atoms with van der Waals surface area (Å²) in [5.41, 5.74) is 2.69. The lowest BCUT2D eigenvalue weighted by Gasteiger charge is -2.04. The summed E-state index contributed by atoms with van der Waals surface area (Å²) < 4.78 is 5.67. The Hall–Kier alpha value is -1.60. The minimum atomic E-state index is 0.736. The molecular formula is C18H22O. The van der Waals surface area contributed by atoms with Gasteiger partial charge >= 0.3 is 0 Å². The Balaban J connectivity index is 1.49. The van der Waals surface area contributed by atoms with Crippen molar-refractivity contribution in [3.05, 3.63) is 71.8 Å². The number of ether oxygens (including phenoxy) is 1. The third-order valence-corrected chi connectivity index (χ3v) is 3.21. The first kappa shape index (κ1) is 13.8. The van der Waals surface area contributed by atoms with Gasteiger partial charge < -0.3 is 4.74 Å². The minimum absolute atomic E-state index is 0.736. The van der Waals surface area contributed by atoms with Crippen LogP contribution in [0.25, 0.3) is 0 Å². The average molecular weight is 254 g/mol. The van der Waals surface area contributed by atoms with Crippen molar-refractivity contribution in [2.45, 2.75) is 32.3 Å². The number of hydrogen-bond donors (Lipinski definition) is 0. The molecule has 2 rings (SSSR count). The molecule has 0 saturated heterocycles. The lowest BCUT2D eigenvalue weighted by atomic mass is 10.1. The van der Waals surface area contributed by atoms with E-state index >= 15 is 0 Å². The molecule has 0 fully saturated rings. The fourth-order valence-corrected chi connectivity index (χ4v) is 2.12. The van der Waals surface area contributed by atoms with Crippen molar-refractivity contribution in [1.82, 2.24) is 0 Å². The molecule has 0 radical (unpaired) electrons. The molecule has 0 unspecified atom stereocenters. The van der Waals surface area contributed by atoms with Gasteiger partial charge in [-0.1, -0.05) is 67.1 Å². The third kappa shape index (κ3) is 5.71. The largest absolute Gasteiger partial charge is 0.377 e. The lowest BCUT2D eigenvalue weighted by molar-refractivity contribution is 0.117. The van der Waals surface area contributed by atoms with E-state index in [1.807, 2.05) is 6.07 Å². The van der Waals surface area contributed by atoms with E-state index in [1.54, 1.807) is 0 Å². The number of hydrogen-bond acceptors (Lipinski definition) is 1. The molecule has 0 aliphatic carbocycles. The third-order valence-electron chi connectivity index (χ3n) is 3.21. The Morgan fingerprint density at radius 3 is 1.95 bits per heavy atom. The zero-order valence-electron chi connectivity index (χ0n) is 11.4. The van der Waals surface area contributed by atoms with E-state index in [4.69, 9.17) is 4.74 Å². The standard InChI is InChI=1S/C18H22O/c1-4-10-17(11-5-1)12-8-3-9-15-19-16-18-13-6-2-7-14-18/h1-2,4-7,10-11,13-14H,3,8-9,12,15-16H2. The predicted octanol–water partition coefficient (Wildman–Crippen LogP) is 4.62. The van der Waals surface area contributed by atoms with Crippen LogP contribution in [0.3, 0.4) is 0 Å². The molecule has 19 heavy (non-hydrogen) atoms. The monoisotopic (exact) mass is 254 g/mol. The fraction of sp³-hybridized carbons (Fsp3) is 0.333. The zero-order valence-corrected chi connectivity index (χ0v) is 11.4. The second-order valence-electron chi connectivity index (χ2n) is 4.83. The molecule has 0 bridgehead atoms. The van der Waals surface area contributed by atoms with Gasteiger partial charge in [0.2, 0.25) is 0 Å². The van der Waals surface area contributed by atoms with Crippen molar-refractivity contribution in [3.8, 4) is 0 Å². The highest BCUT2D eigenvalue weighted by atomic mass is 16.5. The normalized spacial score (nSPS) is 10.5. The van der Waals surface area contributed by atoms with Crippen LogP contribution in [0.4, 0.5) is 0 Å². The topological polar surface area (TPSA) is 9.23 Å². The van der Waals surface area contributed by atoms with Gasteiger partial charge in [0.25, 0.3) is 0 Å². The average Bonchev–Trinajstić information content (AvgIpc) is 2.48. The van der Waals surface area contributed by atoms with Gasteiger partial charge in [0, 0.05) is 6.61 Å². The maximum atomic E-state index is 5.67. The van der Waals surface area contributed by atoms with Gasteiger partial charge in [0.15, 0.2) is 0 Å². The molecule has 0 spiro atoms. The first-order valence-electron chi connectivity index (χ1n) is 7.11. The molecule has 1 nitrogen and oxygen atoms in total. The summed E-state index contributed by atoms with van der Waals surface area (Å²) in [6.45, 7) is 1.60. The Labute approximate surface area is 116 Å². The van der Waals surface area contributed by atoms with Gasteiger partial charge in [-0.3, -0.25) is 0 Å². The van der Waals surface area contributed by atoms with Crippen LogP contribution in [-0.4, -0.2) is 6.61 Å². The lowest BCUT2D eigenvalue weighted by Crippen LogP contribution is -1.96. The Morgan fingerprint density at radius 2 is 1.26 bits per heavy atom. The SMILES string of the molecule is c1ccc(CCCCCOCc2ccccc2)cc1. The van der Waals surface area contributed by atoms with Crippen LogP contribution in [-0.2, 0) is 17.8 Å². The highest BCUT2D eigenvalue weighted by Crippen LogP contribution is 2.07.